The second kappa shape index (κ2) is 11.9. The summed E-state index contributed by atoms with van der Waals surface area (Å²) >= 11 is 0. The lowest BCUT2D eigenvalue weighted by atomic mass is 9.94. The van der Waals surface area contributed by atoms with E-state index in [9.17, 15) is 14.4 Å². The molecule has 1 aliphatic carbocycles. The second-order valence-electron chi connectivity index (χ2n) is 11.3. The van der Waals surface area contributed by atoms with Gasteiger partial charge in [-0.1, -0.05) is 51.0 Å². The summed E-state index contributed by atoms with van der Waals surface area (Å²) < 4.78 is 5.43. The number of carbonyl (C=O) groups is 3. The Bertz CT molecular complexity index is 902. The van der Waals surface area contributed by atoms with Crippen LogP contribution in [0.15, 0.2) is 18.2 Å². The molecule has 3 amide bonds. The zero-order valence-corrected chi connectivity index (χ0v) is 23.0. The molecule has 1 aromatic carbocycles. The topological polar surface area (TPSA) is 87.7 Å². The molecule has 3 atom stereocenters. The lowest BCUT2D eigenvalue weighted by molar-refractivity contribution is -0.144. The van der Waals surface area contributed by atoms with Crippen molar-refractivity contribution in [3.05, 3.63) is 34.9 Å². The number of amides is 3. The minimum atomic E-state index is -0.807. The van der Waals surface area contributed by atoms with Crippen molar-refractivity contribution in [1.29, 1.82) is 0 Å². The number of alkyl carbamates (subject to hydrolysis) is 1. The van der Waals surface area contributed by atoms with E-state index in [4.69, 9.17) is 4.74 Å². The molecule has 2 N–H and O–H groups in total. The van der Waals surface area contributed by atoms with Crippen molar-refractivity contribution in [1.82, 2.24) is 15.5 Å². The SMILES string of the molecule is CCCC(C)NC(=O)C(c1cc(C)ccc1C)N(C(=O)C(NC(=O)OC(C)(C)C)C(C)C)C1CC1. The third-order valence-electron chi connectivity index (χ3n) is 6.17. The van der Waals surface area contributed by atoms with Gasteiger partial charge in [0, 0.05) is 12.1 Å². The van der Waals surface area contributed by atoms with Crippen LogP contribution in [-0.2, 0) is 14.3 Å². The quantitative estimate of drug-likeness (QED) is 0.475. The summed E-state index contributed by atoms with van der Waals surface area (Å²) in [6, 6.07) is 4.39. The van der Waals surface area contributed by atoms with Crippen molar-refractivity contribution in [2.24, 2.45) is 5.92 Å². The predicted molar refractivity (Wildman–Crippen MR) is 139 cm³/mol. The summed E-state index contributed by atoms with van der Waals surface area (Å²) in [5.74, 6) is -0.616. The molecule has 196 valence electrons. The van der Waals surface area contributed by atoms with E-state index in [2.05, 4.69) is 17.6 Å². The first-order valence-electron chi connectivity index (χ1n) is 12.9. The molecule has 0 aromatic heterocycles. The normalized spacial score (nSPS) is 16.3. The van der Waals surface area contributed by atoms with E-state index in [-0.39, 0.29) is 29.8 Å². The third kappa shape index (κ3) is 8.25. The van der Waals surface area contributed by atoms with Gasteiger partial charge >= 0.3 is 6.09 Å². The van der Waals surface area contributed by atoms with Crippen LogP contribution in [-0.4, -0.2) is 46.5 Å². The van der Waals surface area contributed by atoms with Crippen LogP contribution in [0.25, 0.3) is 0 Å². The Morgan fingerprint density at radius 1 is 1.09 bits per heavy atom. The Hall–Kier alpha value is -2.57. The summed E-state index contributed by atoms with van der Waals surface area (Å²) in [6.45, 7) is 17.2. The summed E-state index contributed by atoms with van der Waals surface area (Å²) in [5, 5.41) is 5.92. The van der Waals surface area contributed by atoms with Gasteiger partial charge in [-0.25, -0.2) is 4.79 Å². The Labute approximate surface area is 211 Å². The molecular formula is C28H45N3O4. The molecule has 0 bridgehead atoms. The monoisotopic (exact) mass is 487 g/mol. The van der Waals surface area contributed by atoms with Crippen molar-refractivity contribution in [3.8, 4) is 0 Å². The highest BCUT2D eigenvalue weighted by Gasteiger charge is 2.45. The Morgan fingerprint density at radius 2 is 1.71 bits per heavy atom. The van der Waals surface area contributed by atoms with Crippen LogP contribution in [0.5, 0.6) is 0 Å². The van der Waals surface area contributed by atoms with Crippen LogP contribution in [0.3, 0.4) is 0 Å². The van der Waals surface area contributed by atoms with E-state index in [1.807, 2.05) is 52.8 Å². The fourth-order valence-electron chi connectivity index (χ4n) is 4.28. The van der Waals surface area contributed by atoms with Gasteiger partial charge in [-0.2, -0.15) is 0 Å². The summed E-state index contributed by atoms with van der Waals surface area (Å²) in [6.07, 6.45) is 2.85. The Balaban J connectivity index is 2.48. The zero-order valence-electron chi connectivity index (χ0n) is 23.0. The maximum Gasteiger partial charge on any atom is 0.408 e. The number of benzene rings is 1. The number of hydrogen-bond donors (Lipinski definition) is 2. The average molecular weight is 488 g/mol. The van der Waals surface area contributed by atoms with Crippen LogP contribution in [0.4, 0.5) is 4.79 Å². The van der Waals surface area contributed by atoms with Crippen LogP contribution < -0.4 is 10.6 Å². The summed E-state index contributed by atoms with van der Waals surface area (Å²) in [7, 11) is 0. The largest absolute Gasteiger partial charge is 0.444 e. The van der Waals surface area contributed by atoms with Crippen molar-refractivity contribution in [2.75, 3.05) is 0 Å². The third-order valence-corrected chi connectivity index (χ3v) is 6.17. The molecule has 1 saturated carbocycles. The van der Waals surface area contributed by atoms with Crippen molar-refractivity contribution in [2.45, 2.75) is 118 Å². The van der Waals surface area contributed by atoms with E-state index in [1.54, 1.807) is 25.7 Å². The smallest absolute Gasteiger partial charge is 0.408 e. The maximum atomic E-state index is 14.1. The van der Waals surface area contributed by atoms with Gasteiger partial charge in [-0.3, -0.25) is 9.59 Å². The molecule has 3 unspecified atom stereocenters. The van der Waals surface area contributed by atoms with Crippen molar-refractivity contribution >= 4 is 17.9 Å². The number of aryl methyl sites for hydroxylation is 2. The molecule has 1 aromatic rings. The van der Waals surface area contributed by atoms with Gasteiger partial charge in [-0.05, 0) is 77.8 Å². The van der Waals surface area contributed by atoms with Gasteiger partial charge < -0.3 is 20.3 Å². The minimum absolute atomic E-state index is 0.00273. The van der Waals surface area contributed by atoms with Crippen molar-refractivity contribution < 1.29 is 19.1 Å². The van der Waals surface area contributed by atoms with Gasteiger partial charge in [0.05, 0.1) is 0 Å². The molecule has 1 aliphatic rings. The lowest BCUT2D eigenvalue weighted by Crippen LogP contribution is -2.56. The Kier molecular flexibility index (Phi) is 9.76. The number of rotatable bonds is 10. The molecule has 0 radical (unpaired) electrons. The molecule has 0 aliphatic heterocycles. The van der Waals surface area contributed by atoms with E-state index in [0.717, 1.165) is 42.4 Å². The molecule has 0 heterocycles. The average Bonchev–Trinajstić information content (AvgIpc) is 3.55. The number of nitrogens with zero attached hydrogens (tertiary/aromatic N) is 1. The number of ether oxygens (including phenoxy) is 1. The van der Waals surface area contributed by atoms with E-state index < -0.39 is 23.8 Å². The summed E-state index contributed by atoms with van der Waals surface area (Å²) in [4.78, 5) is 42.1. The van der Waals surface area contributed by atoms with Gasteiger partial charge in [0.25, 0.3) is 0 Å². The molecule has 0 saturated heterocycles. The van der Waals surface area contributed by atoms with Crippen LogP contribution in [0.2, 0.25) is 0 Å². The fourth-order valence-corrected chi connectivity index (χ4v) is 4.28. The first-order chi connectivity index (χ1) is 16.2. The van der Waals surface area contributed by atoms with Gasteiger partial charge in [0.1, 0.15) is 17.7 Å². The van der Waals surface area contributed by atoms with Crippen LogP contribution in [0.1, 0.15) is 96.9 Å². The van der Waals surface area contributed by atoms with Crippen LogP contribution in [0, 0.1) is 19.8 Å². The highest BCUT2D eigenvalue weighted by molar-refractivity contribution is 5.93. The zero-order chi connectivity index (χ0) is 26.5. The van der Waals surface area contributed by atoms with Crippen molar-refractivity contribution in [3.63, 3.8) is 0 Å². The first kappa shape index (κ1) is 28.7. The number of nitrogens with one attached hydrogen (secondary N) is 2. The van der Waals surface area contributed by atoms with E-state index >= 15 is 0 Å². The van der Waals surface area contributed by atoms with E-state index in [0.29, 0.717) is 0 Å². The number of hydrogen-bond acceptors (Lipinski definition) is 4. The standard InChI is InChI=1S/C28H45N3O4/c1-10-11-20(6)29-25(32)24(22-16-18(4)12-13-19(22)5)31(21-14-15-21)26(33)23(17(2)3)30-27(34)35-28(7,8)9/h12-13,16-17,20-21,23-24H,10-11,14-15H2,1-9H3,(H,29,32)(H,30,34). The highest BCUT2D eigenvalue weighted by Crippen LogP contribution is 2.37. The van der Waals surface area contributed by atoms with Gasteiger partial charge in [-0.15, -0.1) is 0 Å². The van der Waals surface area contributed by atoms with Gasteiger partial charge in [0.2, 0.25) is 11.8 Å². The molecule has 7 nitrogen and oxygen atoms in total. The highest BCUT2D eigenvalue weighted by atomic mass is 16.6. The number of carbonyl (C=O) groups excluding carboxylic acids is 3. The van der Waals surface area contributed by atoms with Crippen LogP contribution >= 0.6 is 0 Å². The molecule has 1 fully saturated rings. The fraction of sp³-hybridized carbons (Fsp3) is 0.679. The molecule has 7 heteroatoms. The maximum absolute atomic E-state index is 14.1. The first-order valence-corrected chi connectivity index (χ1v) is 12.9. The molecular weight excluding hydrogens is 442 g/mol. The predicted octanol–water partition coefficient (Wildman–Crippen LogP) is 5.19. The molecule has 2 rings (SSSR count). The second-order valence-corrected chi connectivity index (χ2v) is 11.3. The Morgan fingerprint density at radius 3 is 2.23 bits per heavy atom. The van der Waals surface area contributed by atoms with Gasteiger partial charge in [0.15, 0.2) is 0 Å². The molecule has 0 spiro atoms. The molecule has 35 heavy (non-hydrogen) atoms. The lowest BCUT2D eigenvalue weighted by Gasteiger charge is -2.37. The summed E-state index contributed by atoms with van der Waals surface area (Å²) in [5.41, 5.74) is 2.13. The van der Waals surface area contributed by atoms with E-state index in [1.165, 1.54) is 0 Å². The minimum Gasteiger partial charge on any atom is -0.444 e.